The number of rotatable bonds is 10. The van der Waals surface area contributed by atoms with E-state index < -0.39 is 17.5 Å². The first kappa shape index (κ1) is 21.7. The van der Waals surface area contributed by atoms with Crippen LogP contribution < -0.4 is 0 Å². The normalized spacial score (nSPS) is 12.2. The lowest BCUT2D eigenvalue weighted by atomic mass is 9.96. The second-order valence-electron chi connectivity index (χ2n) is 7.06. The van der Waals surface area contributed by atoms with Gasteiger partial charge in [0.15, 0.2) is 0 Å². The molecular formula is C20H34O3. The molecule has 0 N–H and O–H groups in total. The summed E-state index contributed by atoms with van der Waals surface area (Å²) in [7, 11) is 0. The van der Waals surface area contributed by atoms with Crippen LogP contribution in [0, 0.1) is 17.8 Å². The summed E-state index contributed by atoms with van der Waals surface area (Å²) in [5, 5.41) is 0. The molecule has 0 aromatic rings. The topological polar surface area (TPSA) is 43.4 Å². The summed E-state index contributed by atoms with van der Waals surface area (Å²) in [5.74, 6) is 4.13. The molecular weight excluding hydrogens is 288 g/mol. The molecule has 0 aliphatic carbocycles. The molecule has 0 amide bonds. The van der Waals surface area contributed by atoms with Crippen LogP contribution in [0.4, 0.5) is 0 Å². The second-order valence-corrected chi connectivity index (χ2v) is 7.06. The Morgan fingerprint density at radius 3 is 2.13 bits per heavy atom. The van der Waals surface area contributed by atoms with Gasteiger partial charge in [0, 0.05) is 6.42 Å². The average Bonchev–Trinajstić information content (AvgIpc) is 2.45. The fraction of sp³-hybridized carbons (Fsp3) is 0.800. The molecule has 0 fully saturated rings. The van der Waals surface area contributed by atoms with E-state index in [1.807, 2.05) is 20.8 Å². The van der Waals surface area contributed by atoms with E-state index in [1.165, 1.54) is 0 Å². The molecule has 0 aromatic heterocycles. The highest BCUT2D eigenvalue weighted by Crippen LogP contribution is 2.18. The summed E-state index contributed by atoms with van der Waals surface area (Å²) < 4.78 is 5.40. The quantitative estimate of drug-likeness (QED) is 0.185. The number of esters is 1. The van der Waals surface area contributed by atoms with Crippen LogP contribution in [0.5, 0.6) is 0 Å². The number of ether oxygens (including phenoxy) is 1. The molecule has 0 bridgehead atoms. The van der Waals surface area contributed by atoms with Crippen LogP contribution in [0.2, 0.25) is 0 Å². The van der Waals surface area contributed by atoms with Gasteiger partial charge in [-0.15, -0.1) is 0 Å². The molecule has 0 aromatic carbocycles. The van der Waals surface area contributed by atoms with Gasteiger partial charge >= 0.3 is 5.97 Å². The Bertz CT molecular complexity index is 407. The highest BCUT2D eigenvalue weighted by Gasteiger charge is 2.29. The molecule has 1 unspecified atom stereocenters. The van der Waals surface area contributed by atoms with Crippen LogP contribution in [0.15, 0.2) is 0 Å². The van der Waals surface area contributed by atoms with E-state index in [2.05, 4.69) is 25.7 Å². The van der Waals surface area contributed by atoms with Gasteiger partial charge in [0.25, 0.3) is 0 Å². The zero-order chi connectivity index (χ0) is 17.7. The van der Waals surface area contributed by atoms with Crippen molar-refractivity contribution < 1.29 is 14.3 Å². The molecule has 0 aliphatic heterocycles. The minimum absolute atomic E-state index is 0.285. The van der Waals surface area contributed by atoms with Gasteiger partial charge in [0.2, 0.25) is 5.78 Å². The van der Waals surface area contributed by atoms with Crippen molar-refractivity contribution in [3.05, 3.63) is 0 Å². The van der Waals surface area contributed by atoms with E-state index in [-0.39, 0.29) is 5.78 Å². The number of Topliss-reactive ketones (excluding diaryl/α,β-unsaturated/α-hetero) is 1. The van der Waals surface area contributed by atoms with Crippen molar-refractivity contribution in [2.24, 2.45) is 5.92 Å². The summed E-state index contributed by atoms with van der Waals surface area (Å²) in [6, 6.07) is 0. The first-order chi connectivity index (χ1) is 10.8. The Morgan fingerprint density at radius 1 is 0.957 bits per heavy atom. The summed E-state index contributed by atoms with van der Waals surface area (Å²) in [4.78, 5) is 24.6. The van der Waals surface area contributed by atoms with Crippen LogP contribution in [0.3, 0.4) is 0 Å². The lowest BCUT2D eigenvalue weighted by Crippen LogP contribution is -2.32. The molecule has 1 atom stereocenters. The third-order valence-electron chi connectivity index (χ3n) is 3.47. The number of unbranched alkanes of at least 4 members (excludes halogenated alkanes) is 6. The van der Waals surface area contributed by atoms with E-state index in [0.717, 1.165) is 51.4 Å². The van der Waals surface area contributed by atoms with Gasteiger partial charge in [-0.3, -0.25) is 9.59 Å². The van der Waals surface area contributed by atoms with Crippen molar-refractivity contribution in [2.75, 3.05) is 0 Å². The van der Waals surface area contributed by atoms with Gasteiger partial charge in [-0.25, -0.2) is 0 Å². The van der Waals surface area contributed by atoms with Crippen molar-refractivity contribution in [3.63, 3.8) is 0 Å². The third-order valence-corrected chi connectivity index (χ3v) is 3.47. The Hall–Kier alpha value is -1.30. The van der Waals surface area contributed by atoms with Gasteiger partial charge in [0.1, 0.15) is 11.5 Å². The molecule has 132 valence electrons. The largest absolute Gasteiger partial charge is 0.459 e. The first-order valence-electron chi connectivity index (χ1n) is 9.07. The Kier molecular flexibility index (Phi) is 11.5. The van der Waals surface area contributed by atoms with E-state index in [9.17, 15) is 9.59 Å². The second kappa shape index (κ2) is 12.2. The molecule has 3 nitrogen and oxygen atoms in total. The fourth-order valence-electron chi connectivity index (χ4n) is 2.20. The average molecular weight is 322 g/mol. The van der Waals surface area contributed by atoms with Crippen molar-refractivity contribution in [2.45, 2.75) is 98.0 Å². The smallest absolute Gasteiger partial charge is 0.318 e. The van der Waals surface area contributed by atoms with E-state index in [1.54, 1.807) is 0 Å². The van der Waals surface area contributed by atoms with Crippen LogP contribution >= 0.6 is 0 Å². The fourth-order valence-corrected chi connectivity index (χ4v) is 2.20. The highest BCUT2D eigenvalue weighted by atomic mass is 16.6. The van der Waals surface area contributed by atoms with Crippen LogP contribution in [-0.4, -0.2) is 17.4 Å². The Labute approximate surface area is 142 Å². The van der Waals surface area contributed by atoms with Crippen molar-refractivity contribution >= 4 is 11.8 Å². The lowest BCUT2D eigenvalue weighted by molar-refractivity contribution is -0.161. The van der Waals surface area contributed by atoms with Crippen LogP contribution in [-0.2, 0) is 14.3 Å². The monoisotopic (exact) mass is 322 g/mol. The standard InChI is InChI=1S/C20H34O3/c1-6-8-10-12-14-16-18(21)17(15-13-11-9-7-2)19(22)23-20(3,4)5/h17H,6-13,15H2,1-5H3. The van der Waals surface area contributed by atoms with Crippen molar-refractivity contribution in [3.8, 4) is 11.8 Å². The number of carbonyl (C=O) groups is 2. The molecule has 0 saturated heterocycles. The third kappa shape index (κ3) is 11.9. The predicted molar refractivity (Wildman–Crippen MR) is 95.0 cm³/mol. The minimum atomic E-state index is -0.732. The van der Waals surface area contributed by atoms with Gasteiger partial charge in [-0.1, -0.05) is 58.3 Å². The van der Waals surface area contributed by atoms with Crippen LogP contribution in [0.25, 0.3) is 0 Å². The maximum absolute atomic E-state index is 12.3. The highest BCUT2D eigenvalue weighted by molar-refractivity contribution is 6.08. The molecule has 0 rings (SSSR count). The van der Waals surface area contributed by atoms with E-state index >= 15 is 0 Å². The number of hydrogen-bond acceptors (Lipinski definition) is 3. The van der Waals surface area contributed by atoms with Crippen molar-refractivity contribution in [1.82, 2.24) is 0 Å². The molecule has 0 radical (unpaired) electrons. The molecule has 0 aliphatic rings. The number of ketones is 1. The summed E-state index contributed by atoms with van der Waals surface area (Å²) >= 11 is 0. The summed E-state index contributed by atoms with van der Waals surface area (Å²) in [6.07, 6.45) is 8.66. The van der Waals surface area contributed by atoms with Gasteiger partial charge in [-0.05, 0) is 39.5 Å². The van der Waals surface area contributed by atoms with Crippen molar-refractivity contribution in [1.29, 1.82) is 0 Å². The van der Waals surface area contributed by atoms with Gasteiger partial charge < -0.3 is 4.74 Å². The maximum atomic E-state index is 12.3. The van der Waals surface area contributed by atoms with E-state index in [0.29, 0.717) is 6.42 Å². The lowest BCUT2D eigenvalue weighted by Gasteiger charge is -2.22. The van der Waals surface area contributed by atoms with Gasteiger partial charge in [-0.2, -0.15) is 0 Å². The molecule has 0 saturated carbocycles. The number of hydrogen-bond donors (Lipinski definition) is 0. The van der Waals surface area contributed by atoms with Gasteiger partial charge in [0.05, 0.1) is 0 Å². The maximum Gasteiger partial charge on any atom is 0.318 e. The molecule has 3 heteroatoms. The molecule has 0 heterocycles. The zero-order valence-corrected chi connectivity index (χ0v) is 15.7. The van der Waals surface area contributed by atoms with E-state index in [4.69, 9.17) is 4.74 Å². The summed E-state index contributed by atoms with van der Waals surface area (Å²) in [5.41, 5.74) is -0.576. The Balaban J connectivity index is 4.68. The molecule has 23 heavy (non-hydrogen) atoms. The number of carbonyl (C=O) groups excluding carboxylic acids is 2. The summed E-state index contributed by atoms with van der Waals surface area (Å²) in [6.45, 7) is 9.73. The zero-order valence-electron chi connectivity index (χ0n) is 15.7. The predicted octanol–water partition coefficient (Wildman–Crippen LogP) is 5.07. The van der Waals surface area contributed by atoms with Crippen LogP contribution in [0.1, 0.15) is 92.4 Å². The molecule has 0 spiro atoms. The Morgan fingerprint density at radius 2 is 1.57 bits per heavy atom. The first-order valence-corrected chi connectivity index (χ1v) is 9.07. The minimum Gasteiger partial charge on any atom is -0.459 e. The SMILES string of the molecule is CCCCCC#CC(=O)C(CCCCCC)C(=O)OC(C)(C)C.